The number of benzene rings is 1. The SMILES string of the molecule is C/C(OS(=O)(=O)C(F)(F)F)=C1/CC[C@@H](c2ccccc2)O[C@H]1C. The van der Waals surface area contributed by atoms with Crippen molar-refractivity contribution in [2.75, 3.05) is 0 Å². The highest BCUT2D eigenvalue weighted by Gasteiger charge is 2.48. The molecule has 0 spiro atoms. The van der Waals surface area contributed by atoms with Crippen LogP contribution in [0.4, 0.5) is 13.2 Å². The minimum absolute atomic E-state index is 0.179. The number of hydrogen-bond donors (Lipinski definition) is 0. The van der Waals surface area contributed by atoms with E-state index in [0.717, 1.165) is 5.56 Å². The van der Waals surface area contributed by atoms with Gasteiger partial charge < -0.3 is 8.92 Å². The largest absolute Gasteiger partial charge is 0.534 e. The average molecular weight is 350 g/mol. The standard InChI is InChI=1S/C15H17F3O4S/c1-10-13(11(2)22-23(19,20)15(16,17)18)8-9-14(21-10)12-6-4-3-5-7-12/h3-7,10,14H,8-9H2,1-2H3/b13-11+/t10-,14-/m0/s1. The summed E-state index contributed by atoms with van der Waals surface area (Å²) in [6.07, 6.45) is 0.232. The molecule has 1 aromatic carbocycles. The van der Waals surface area contributed by atoms with Crippen molar-refractivity contribution >= 4 is 10.1 Å². The van der Waals surface area contributed by atoms with Crippen molar-refractivity contribution in [3.8, 4) is 0 Å². The van der Waals surface area contributed by atoms with Gasteiger partial charge in [0.05, 0.1) is 12.2 Å². The second kappa shape index (κ2) is 6.52. The van der Waals surface area contributed by atoms with E-state index in [1.165, 1.54) is 6.92 Å². The molecule has 4 nitrogen and oxygen atoms in total. The molecule has 128 valence electrons. The van der Waals surface area contributed by atoms with Gasteiger partial charge in [-0.3, -0.25) is 0 Å². The van der Waals surface area contributed by atoms with E-state index in [1.807, 2.05) is 30.3 Å². The number of hydrogen-bond acceptors (Lipinski definition) is 4. The summed E-state index contributed by atoms with van der Waals surface area (Å²) in [5, 5.41) is 0. The van der Waals surface area contributed by atoms with Gasteiger partial charge >= 0.3 is 15.6 Å². The minimum atomic E-state index is -5.65. The highest BCUT2D eigenvalue weighted by atomic mass is 32.2. The van der Waals surface area contributed by atoms with Crippen molar-refractivity contribution in [3.63, 3.8) is 0 Å². The Morgan fingerprint density at radius 2 is 1.87 bits per heavy atom. The van der Waals surface area contributed by atoms with Crippen LogP contribution in [0.2, 0.25) is 0 Å². The molecule has 1 aromatic rings. The van der Waals surface area contributed by atoms with Gasteiger partial charge in [0.15, 0.2) is 0 Å². The Kier molecular flexibility index (Phi) is 5.05. The summed E-state index contributed by atoms with van der Waals surface area (Å²) in [5.41, 5.74) is -4.05. The second-order valence-electron chi connectivity index (χ2n) is 5.28. The highest BCUT2D eigenvalue weighted by molar-refractivity contribution is 7.87. The first-order valence-electron chi connectivity index (χ1n) is 7.02. The minimum Gasteiger partial charge on any atom is -0.381 e. The van der Waals surface area contributed by atoms with E-state index in [-0.39, 0.29) is 11.9 Å². The zero-order chi connectivity index (χ0) is 17.3. The summed E-state index contributed by atoms with van der Waals surface area (Å²) in [4.78, 5) is 0. The number of ether oxygens (including phenoxy) is 1. The molecule has 0 amide bonds. The van der Waals surface area contributed by atoms with Crippen molar-refractivity contribution in [1.82, 2.24) is 0 Å². The van der Waals surface area contributed by atoms with Crippen LogP contribution in [0.1, 0.15) is 38.4 Å². The summed E-state index contributed by atoms with van der Waals surface area (Å²) < 4.78 is 69.3. The first kappa shape index (κ1) is 17.8. The Morgan fingerprint density at radius 1 is 1.26 bits per heavy atom. The molecule has 8 heteroatoms. The molecule has 1 heterocycles. The highest BCUT2D eigenvalue weighted by Crippen LogP contribution is 2.36. The first-order chi connectivity index (χ1) is 10.6. The number of halogens is 3. The van der Waals surface area contributed by atoms with Crippen LogP contribution < -0.4 is 0 Å². The van der Waals surface area contributed by atoms with Crippen molar-refractivity contribution < 1.29 is 30.5 Å². The Balaban J connectivity index is 2.14. The van der Waals surface area contributed by atoms with E-state index in [1.54, 1.807) is 6.92 Å². The lowest BCUT2D eigenvalue weighted by Crippen LogP contribution is -2.28. The first-order valence-corrected chi connectivity index (χ1v) is 8.43. The molecule has 23 heavy (non-hydrogen) atoms. The monoisotopic (exact) mass is 350 g/mol. The van der Waals surface area contributed by atoms with Crippen LogP contribution >= 0.6 is 0 Å². The topological polar surface area (TPSA) is 52.6 Å². The lowest BCUT2D eigenvalue weighted by molar-refractivity contribution is -0.0528. The molecule has 0 bridgehead atoms. The van der Waals surface area contributed by atoms with E-state index in [9.17, 15) is 21.6 Å². The Labute approximate surface area is 133 Å². The fraction of sp³-hybridized carbons (Fsp3) is 0.467. The molecule has 0 aromatic heterocycles. The maximum absolute atomic E-state index is 12.4. The van der Waals surface area contributed by atoms with Crippen molar-refractivity contribution in [2.45, 2.75) is 44.4 Å². The summed E-state index contributed by atoms with van der Waals surface area (Å²) in [7, 11) is -5.65. The third-order valence-corrected chi connectivity index (χ3v) is 4.71. The molecule has 1 fully saturated rings. The molecule has 0 radical (unpaired) electrons. The van der Waals surface area contributed by atoms with Crippen molar-refractivity contribution in [3.05, 3.63) is 47.2 Å². The molecule has 0 aliphatic carbocycles. The maximum Gasteiger partial charge on any atom is 0.534 e. The van der Waals surface area contributed by atoms with Crippen LogP contribution in [-0.4, -0.2) is 20.0 Å². The Morgan fingerprint density at radius 3 is 2.39 bits per heavy atom. The van der Waals surface area contributed by atoms with Crippen LogP contribution in [0.5, 0.6) is 0 Å². The van der Waals surface area contributed by atoms with Gasteiger partial charge in [-0.05, 0) is 37.8 Å². The molecule has 2 atom stereocenters. The van der Waals surface area contributed by atoms with Gasteiger partial charge in [0.25, 0.3) is 0 Å². The fourth-order valence-electron chi connectivity index (χ4n) is 2.53. The molecule has 0 saturated carbocycles. The molecule has 0 unspecified atom stereocenters. The molecular formula is C15H17F3O4S. The fourth-order valence-corrected chi connectivity index (χ4v) is 3.06. The molecule has 0 N–H and O–H groups in total. The Bertz CT molecular complexity index is 680. The van der Waals surface area contributed by atoms with E-state index in [2.05, 4.69) is 4.18 Å². The molecule has 1 aliphatic heterocycles. The van der Waals surface area contributed by atoms with Crippen LogP contribution in [0.15, 0.2) is 41.7 Å². The molecule has 2 rings (SSSR count). The molecular weight excluding hydrogens is 333 g/mol. The van der Waals surface area contributed by atoms with Gasteiger partial charge in [-0.2, -0.15) is 21.6 Å². The second-order valence-corrected chi connectivity index (χ2v) is 6.82. The maximum atomic E-state index is 12.4. The predicted octanol–water partition coefficient (Wildman–Crippen LogP) is 4.07. The Hall–Kier alpha value is -1.54. The van der Waals surface area contributed by atoms with Crippen LogP contribution in [-0.2, 0) is 19.0 Å². The third kappa shape index (κ3) is 4.06. The van der Waals surface area contributed by atoms with Crippen LogP contribution in [0.3, 0.4) is 0 Å². The van der Waals surface area contributed by atoms with Gasteiger partial charge in [0.2, 0.25) is 0 Å². The number of rotatable bonds is 3. The predicted molar refractivity (Wildman–Crippen MR) is 77.7 cm³/mol. The number of alkyl halides is 3. The van der Waals surface area contributed by atoms with E-state index in [0.29, 0.717) is 18.4 Å². The van der Waals surface area contributed by atoms with E-state index < -0.39 is 21.7 Å². The van der Waals surface area contributed by atoms with Crippen LogP contribution in [0.25, 0.3) is 0 Å². The van der Waals surface area contributed by atoms with Gasteiger partial charge in [-0.15, -0.1) is 0 Å². The van der Waals surface area contributed by atoms with Crippen molar-refractivity contribution in [2.24, 2.45) is 0 Å². The zero-order valence-electron chi connectivity index (χ0n) is 12.6. The summed E-state index contributed by atoms with van der Waals surface area (Å²) in [6.45, 7) is 2.87. The van der Waals surface area contributed by atoms with Gasteiger partial charge in [0, 0.05) is 0 Å². The van der Waals surface area contributed by atoms with Crippen molar-refractivity contribution in [1.29, 1.82) is 0 Å². The summed E-state index contributed by atoms with van der Waals surface area (Å²) in [6, 6.07) is 9.44. The summed E-state index contributed by atoms with van der Waals surface area (Å²) in [5.74, 6) is -0.277. The van der Waals surface area contributed by atoms with Gasteiger partial charge in [0.1, 0.15) is 5.76 Å². The number of allylic oxidation sites excluding steroid dienone is 1. The smallest absolute Gasteiger partial charge is 0.381 e. The third-order valence-electron chi connectivity index (χ3n) is 3.68. The van der Waals surface area contributed by atoms with Gasteiger partial charge in [-0.1, -0.05) is 30.3 Å². The lowest BCUT2D eigenvalue weighted by Gasteiger charge is -2.31. The normalized spacial score (nSPS) is 25.1. The zero-order valence-corrected chi connectivity index (χ0v) is 13.4. The van der Waals surface area contributed by atoms with E-state index in [4.69, 9.17) is 4.74 Å². The van der Waals surface area contributed by atoms with Crippen LogP contribution in [0, 0.1) is 0 Å². The van der Waals surface area contributed by atoms with E-state index >= 15 is 0 Å². The molecule has 1 saturated heterocycles. The lowest BCUT2D eigenvalue weighted by atomic mass is 9.94. The quantitative estimate of drug-likeness (QED) is 0.468. The van der Waals surface area contributed by atoms with Gasteiger partial charge in [-0.25, -0.2) is 0 Å². The molecule has 1 aliphatic rings. The summed E-state index contributed by atoms with van der Waals surface area (Å²) >= 11 is 0. The average Bonchev–Trinajstić information content (AvgIpc) is 2.46.